The number of pyridine rings is 1. The molecule has 3 aromatic carbocycles. The van der Waals surface area contributed by atoms with Gasteiger partial charge in [-0.25, -0.2) is 0 Å². The van der Waals surface area contributed by atoms with Crippen LogP contribution in [0.2, 0.25) is 0 Å². The Morgan fingerprint density at radius 2 is 1.65 bits per heavy atom. The van der Waals surface area contributed by atoms with Gasteiger partial charge < -0.3 is 14.6 Å². The molecule has 168 valence electrons. The number of aromatic nitrogens is 2. The van der Waals surface area contributed by atoms with Crippen molar-refractivity contribution in [1.82, 2.24) is 9.55 Å². The molecule has 0 bridgehead atoms. The van der Waals surface area contributed by atoms with Gasteiger partial charge in [-0.1, -0.05) is 72.3 Å². The highest BCUT2D eigenvalue weighted by molar-refractivity contribution is 6.10. The highest BCUT2D eigenvalue weighted by atomic mass is 16.5. The first-order chi connectivity index (χ1) is 16.7. The zero-order valence-corrected chi connectivity index (χ0v) is 18.9. The van der Waals surface area contributed by atoms with Gasteiger partial charge in [-0.3, -0.25) is 9.78 Å². The smallest absolute Gasteiger partial charge is 0.276 e. The van der Waals surface area contributed by atoms with E-state index in [1.54, 1.807) is 18.5 Å². The number of fused-ring (bicyclic) bond motifs is 1. The van der Waals surface area contributed by atoms with Gasteiger partial charge in [0.15, 0.2) is 11.4 Å². The summed E-state index contributed by atoms with van der Waals surface area (Å²) in [7, 11) is 0. The van der Waals surface area contributed by atoms with Gasteiger partial charge in [0.2, 0.25) is 0 Å². The Kier molecular flexibility index (Phi) is 6.08. The summed E-state index contributed by atoms with van der Waals surface area (Å²) in [5, 5.41) is 3.90. The molecule has 1 N–H and O–H groups in total. The van der Waals surface area contributed by atoms with Crippen molar-refractivity contribution in [3.8, 4) is 5.75 Å². The van der Waals surface area contributed by atoms with Crippen LogP contribution in [0.3, 0.4) is 0 Å². The third-order valence-electron chi connectivity index (χ3n) is 5.75. The number of nitrogens with zero attached hydrogens (tertiary/aromatic N) is 2. The number of rotatable bonds is 7. The average Bonchev–Trinajstić information content (AvgIpc) is 3.18. The lowest BCUT2D eigenvalue weighted by atomic mass is 10.1. The molecule has 1 amide bonds. The zero-order chi connectivity index (χ0) is 23.3. The predicted octanol–water partition coefficient (Wildman–Crippen LogP) is 6.22. The number of benzene rings is 3. The van der Waals surface area contributed by atoms with Crippen molar-refractivity contribution in [2.45, 2.75) is 20.1 Å². The second-order valence-electron chi connectivity index (χ2n) is 8.24. The second-order valence-corrected chi connectivity index (χ2v) is 8.24. The lowest BCUT2D eigenvalue weighted by Crippen LogP contribution is -2.19. The predicted molar refractivity (Wildman–Crippen MR) is 135 cm³/mol. The average molecular weight is 448 g/mol. The molecule has 0 aliphatic rings. The minimum absolute atomic E-state index is 0.237. The Hall–Kier alpha value is -4.38. The molecule has 5 heteroatoms. The molecule has 0 saturated heterocycles. The SMILES string of the molecule is Cc1ccc(Cn2c(C(=O)Nc3cccnc3)c(OCc3ccccc3)c3ccccc32)cc1. The first-order valence-corrected chi connectivity index (χ1v) is 11.2. The minimum Gasteiger partial charge on any atom is -0.486 e. The van der Waals surface area contributed by atoms with Crippen molar-refractivity contribution in [2.24, 2.45) is 0 Å². The van der Waals surface area contributed by atoms with E-state index in [2.05, 4.69) is 41.5 Å². The highest BCUT2D eigenvalue weighted by Crippen LogP contribution is 2.35. The second kappa shape index (κ2) is 9.63. The summed E-state index contributed by atoms with van der Waals surface area (Å²) in [4.78, 5) is 17.8. The van der Waals surface area contributed by atoms with E-state index in [-0.39, 0.29) is 5.91 Å². The third-order valence-corrected chi connectivity index (χ3v) is 5.75. The molecular formula is C29H25N3O2. The topological polar surface area (TPSA) is 56.2 Å². The summed E-state index contributed by atoms with van der Waals surface area (Å²) < 4.78 is 8.37. The van der Waals surface area contributed by atoms with Crippen molar-refractivity contribution in [3.05, 3.63) is 126 Å². The maximum absolute atomic E-state index is 13.6. The molecule has 0 unspecified atom stereocenters. The van der Waals surface area contributed by atoms with Gasteiger partial charge in [0.1, 0.15) is 6.61 Å². The maximum Gasteiger partial charge on any atom is 0.276 e. The Bertz CT molecular complexity index is 1410. The van der Waals surface area contributed by atoms with Crippen LogP contribution in [0.4, 0.5) is 5.69 Å². The van der Waals surface area contributed by atoms with E-state index in [1.807, 2.05) is 65.2 Å². The van der Waals surface area contributed by atoms with Crippen LogP contribution >= 0.6 is 0 Å². The molecule has 0 radical (unpaired) electrons. The van der Waals surface area contributed by atoms with Gasteiger partial charge in [-0.05, 0) is 42.3 Å². The number of hydrogen-bond donors (Lipinski definition) is 1. The van der Waals surface area contributed by atoms with Crippen LogP contribution in [0.25, 0.3) is 10.9 Å². The number of aryl methyl sites for hydroxylation is 1. The minimum atomic E-state index is -0.237. The van der Waals surface area contributed by atoms with Gasteiger partial charge in [-0.15, -0.1) is 0 Å². The molecule has 0 fully saturated rings. The van der Waals surface area contributed by atoms with E-state index in [1.165, 1.54) is 5.56 Å². The molecular weight excluding hydrogens is 422 g/mol. The molecule has 34 heavy (non-hydrogen) atoms. The molecule has 5 aromatic rings. The largest absolute Gasteiger partial charge is 0.486 e. The Balaban J connectivity index is 1.61. The summed E-state index contributed by atoms with van der Waals surface area (Å²) in [5.41, 5.74) is 5.41. The molecule has 0 aliphatic heterocycles. The quantitative estimate of drug-likeness (QED) is 0.322. The van der Waals surface area contributed by atoms with Crippen LogP contribution in [0.1, 0.15) is 27.2 Å². The Morgan fingerprint density at radius 3 is 2.41 bits per heavy atom. The van der Waals surface area contributed by atoms with Crippen LogP contribution in [0, 0.1) is 6.92 Å². The Labute approximate surface area is 198 Å². The molecule has 0 aliphatic carbocycles. The lowest BCUT2D eigenvalue weighted by molar-refractivity contribution is 0.101. The summed E-state index contributed by atoms with van der Waals surface area (Å²) in [6.45, 7) is 2.98. The van der Waals surface area contributed by atoms with E-state index in [0.29, 0.717) is 30.3 Å². The number of ether oxygens (including phenoxy) is 1. The fourth-order valence-electron chi connectivity index (χ4n) is 4.04. The number of carbonyl (C=O) groups is 1. The summed E-state index contributed by atoms with van der Waals surface area (Å²) >= 11 is 0. The van der Waals surface area contributed by atoms with Crippen molar-refractivity contribution < 1.29 is 9.53 Å². The van der Waals surface area contributed by atoms with Crippen LogP contribution in [-0.4, -0.2) is 15.5 Å². The highest BCUT2D eigenvalue weighted by Gasteiger charge is 2.25. The van der Waals surface area contributed by atoms with Crippen molar-refractivity contribution in [2.75, 3.05) is 5.32 Å². The van der Waals surface area contributed by atoms with Crippen LogP contribution < -0.4 is 10.1 Å². The Morgan fingerprint density at radius 1 is 0.882 bits per heavy atom. The van der Waals surface area contributed by atoms with Gasteiger partial charge in [0.25, 0.3) is 5.91 Å². The number of hydrogen-bond acceptors (Lipinski definition) is 3. The maximum atomic E-state index is 13.6. The summed E-state index contributed by atoms with van der Waals surface area (Å²) in [6.07, 6.45) is 3.31. The first-order valence-electron chi connectivity index (χ1n) is 11.2. The van der Waals surface area contributed by atoms with Crippen molar-refractivity contribution >= 4 is 22.5 Å². The first kappa shape index (κ1) is 21.5. The van der Waals surface area contributed by atoms with Crippen molar-refractivity contribution in [3.63, 3.8) is 0 Å². The normalized spacial score (nSPS) is 10.9. The molecule has 2 aromatic heterocycles. The molecule has 0 spiro atoms. The van der Waals surface area contributed by atoms with E-state index >= 15 is 0 Å². The number of para-hydroxylation sites is 1. The number of nitrogens with one attached hydrogen (secondary N) is 1. The molecule has 2 heterocycles. The van der Waals surface area contributed by atoms with Gasteiger partial charge in [0.05, 0.1) is 17.4 Å². The molecule has 0 saturated carbocycles. The standard InChI is InChI=1S/C29H25N3O2/c1-21-13-15-22(16-14-21)19-32-26-12-6-5-11-25(26)28(34-20-23-8-3-2-4-9-23)27(32)29(33)31-24-10-7-17-30-18-24/h2-18H,19-20H2,1H3,(H,31,33). The molecule has 0 atom stereocenters. The van der Waals surface area contributed by atoms with E-state index in [4.69, 9.17) is 4.74 Å². The van der Waals surface area contributed by atoms with Gasteiger partial charge in [-0.2, -0.15) is 0 Å². The zero-order valence-electron chi connectivity index (χ0n) is 18.9. The fraction of sp³-hybridized carbons (Fsp3) is 0.103. The monoisotopic (exact) mass is 447 g/mol. The van der Waals surface area contributed by atoms with E-state index in [9.17, 15) is 4.79 Å². The summed E-state index contributed by atoms with van der Waals surface area (Å²) in [5.74, 6) is 0.340. The van der Waals surface area contributed by atoms with Crippen LogP contribution in [0.5, 0.6) is 5.75 Å². The van der Waals surface area contributed by atoms with Gasteiger partial charge >= 0.3 is 0 Å². The number of amides is 1. The van der Waals surface area contributed by atoms with Gasteiger partial charge in [0, 0.05) is 18.1 Å². The molecule has 5 nitrogen and oxygen atoms in total. The summed E-state index contributed by atoms with van der Waals surface area (Å²) in [6, 6.07) is 29.9. The van der Waals surface area contributed by atoms with Crippen molar-refractivity contribution in [1.29, 1.82) is 0 Å². The fourth-order valence-corrected chi connectivity index (χ4v) is 4.04. The van der Waals surface area contributed by atoms with Crippen LogP contribution in [-0.2, 0) is 13.2 Å². The lowest BCUT2D eigenvalue weighted by Gasteiger charge is -2.13. The molecule has 5 rings (SSSR count). The van der Waals surface area contributed by atoms with Crippen LogP contribution in [0.15, 0.2) is 103 Å². The van der Waals surface area contributed by atoms with E-state index in [0.717, 1.165) is 22.0 Å². The number of anilines is 1. The third kappa shape index (κ3) is 4.55. The van der Waals surface area contributed by atoms with E-state index < -0.39 is 0 Å². The number of carbonyl (C=O) groups excluding carboxylic acids is 1.